The number of nitrogens with zero attached hydrogens (tertiary/aromatic N) is 1. The molecule has 1 amide bonds. The van der Waals surface area contributed by atoms with Crippen LogP contribution in [-0.4, -0.2) is 48.3 Å². The molecular weight excluding hydrogens is 494 g/mol. The average Bonchev–Trinajstić information content (AvgIpc) is 3.50. The molecule has 1 heterocycles. The molecule has 0 aromatic heterocycles. The molecule has 39 heavy (non-hydrogen) atoms. The Morgan fingerprint density at radius 1 is 1.03 bits per heavy atom. The van der Waals surface area contributed by atoms with Crippen LogP contribution in [0.1, 0.15) is 105 Å². The Morgan fingerprint density at radius 2 is 1.79 bits per heavy atom. The van der Waals surface area contributed by atoms with Gasteiger partial charge in [-0.3, -0.25) is 19.7 Å². The number of nitrogens with one attached hydrogen (secondary N) is 2. The number of oxime groups is 1. The van der Waals surface area contributed by atoms with Gasteiger partial charge in [0.1, 0.15) is 11.8 Å². The van der Waals surface area contributed by atoms with Crippen molar-refractivity contribution in [2.75, 3.05) is 6.54 Å². The van der Waals surface area contributed by atoms with E-state index < -0.39 is 6.09 Å². The second-order valence-electron chi connectivity index (χ2n) is 14.0. The van der Waals surface area contributed by atoms with Gasteiger partial charge in [-0.05, 0) is 113 Å². The minimum atomic E-state index is -0.550. The molecule has 0 spiro atoms. The highest BCUT2D eigenvalue weighted by atomic mass is 16.7. The van der Waals surface area contributed by atoms with Crippen molar-refractivity contribution >= 4 is 23.6 Å². The molecule has 0 aromatic carbocycles. The molecule has 1 aliphatic heterocycles. The number of carbonyl (C=O) groups excluding carboxylic acids is 3. The summed E-state index contributed by atoms with van der Waals surface area (Å²) in [5.41, 5.74) is 1.44. The van der Waals surface area contributed by atoms with E-state index in [1.807, 2.05) is 20.8 Å². The number of hydrogen-bond donors (Lipinski definition) is 2. The smallest absolute Gasteiger partial charge is 0.433 e. The quantitative estimate of drug-likeness (QED) is 0.201. The molecule has 5 aliphatic rings. The summed E-state index contributed by atoms with van der Waals surface area (Å²) in [7, 11) is 0. The molecular formula is C31H49N3O5. The Balaban J connectivity index is 1.13. The van der Waals surface area contributed by atoms with Gasteiger partial charge in [0.25, 0.3) is 0 Å². The van der Waals surface area contributed by atoms with Crippen molar-refractivity contribution in [3.8, 4) is 0 Å². The summed E-state index contributed by atoms with van der Waals surface area (Å²) in [6.45, 7) is 11.0. The fourth-order valence-electron chi connectivity index (χ4n) is 9.63. The second kappa shape index (κ2) is 11.1. The zero-order chi connectivity index (χ0) is 27.9. The van der Waals surface area contributed by atoms with E-state index in [2.05, 4.69) is 29.6 Å². The van der Waals surface area contributed by atoms with Crippen molar-refractivity contribution in [1.29, 1.82) is 0 Å². The molecule has 8 heteroatoms. The third-order valence-electron chi connectivity index (χ3n) is 11.6. The van der Waals surface area contributed by atoms with E-state index in [0.717, 1.165) is 49.7 Å². The van der Waals surface area contributed by atoms with Crippen LogP contribution >= 0.6 is 0 Å². The molecule has 218 valence electrons. The van der Waals surface area contributed by atoms with E-state index in [1.165, 1.54) is 32.1 Å². The van der Waals surface area contributed by atoms with Gasteiger partial charge in [-0.15, -0.1) is 0 Å². The number of esters is 1. The van der Waals surface area contributed by atoms with E-state index in [9.17, 15) is 14.4 Å². The molecule has 5 fully saturated rings. The standard InChI is InChI=1S/C31H49N3O5/c1-18(2)38-28(36)27-11-7-21(33-27)17-32-29(37)39-34-19(3)24-9-10-25-23-8-6-20-16-22(35)12-14-30(20,4)26(23)13-15-31(24,25)5/h18,20-21,23-27,33H,6-17H2,1-5H3,(H,32,37)/b34-19+/t20-,21?,23-,24+,25-,26-,27?,30-,31+/m0/s1. The highest BCUT2D eigenvalue weighted by Gasteiger charge is 2.60. The maximum atomic E-state index is 12.4. The molecule has 1 saturated heterocycles. The molecule has 2 unspecified atom stereocenters. The van der Waals surface area contributed by atoms with Gasteiger partial charge in [-0.25, -0.2) is 4.79 Å². The monoisotopic (exact) mass is 543 g/mol. The molecule has 5 rings (SSSR count). The number of rotatable bonds is 6. The van der Waals surface area contributed by atoms with Gasteiger partial charge >= 0.3 is 12.1 Å². The van der Waals surface area contributed by atoms with Crippen molar-refractivity contribution in [1.82, 2.24) is 10.6 Å². The Morgan fingerprint density at radius 3 is 2.56 bits per heavy atom. The van der Waals surface area contributed by atoms with Gasteiger partial charge in [0, 0.05) is 31.3 Å². The van der Waals surface area contributed by atoms with Gasteiger partial charge in [0.2, 0.25) is 0 Å². The summed E-state index contributed by atoms with van der Waals surface area (Å²) >= 11 is 0. The lowest BCUT2D eigenvalue weighted by molar-refractivity contribution is -0.149. The summed E-state index contributed by atoms with van der Waals surface area (Å²) < 4.78 is 5.29. The fourth-order valence-corrected chi connectivity index (χ4v) is 9.63. The van der Waals surface area contributed by atoms with Gasteiger partial charge in [-0.2, -0.15) is 0 Å². The average molecular weight is 544 g/mol. The van der Waals surface area contributed by atoms with Gasteiger partial charge < -0.3 is 10.1 Å². The first-order valence-electron chi connectivity index (χ1n) is 15.5. The van der Waals surface area contributed by atoms with E-state index in [4.69, 9.17) is 9.57 Å². The van der Waals surface area contributed by atoms with Crippen molar-refractivity contribution in [2.45, 2.75) is 123 Å². The topological polar surface area (TPSA) is 106 Å². The maximum absolute atomic E-state index is 12.4. The maximum Gasteiger partial charge on any atom is 0.433 e. The largest absolute Gasteiger partial charge is 0.462 e. The Bertz CT molecular complexity index is 997. The minimum absolute atomic E-state index is 0.0104. The SMILES string of the molecule is C/C(=N\OC(=O)NCC1CCC(C(=O)OC(C)C)N1)[C@H]1CC[C@H]2[C@@H]3CC[C@H]4CC(=O)CC[C@]4(C)[C@H]3CC[C@]12C. The zero-order valence-electron chi connectivity index (χ0n) is 24.6. The van der Waals surface area contributed by atoms with Crippen molar-refractivity contribution in [2.24, 2.45) is 45.6 Å². The van der Waals surface area contributed by atoms with Crippen molar-refractivity contribution in [3.05, 3.63) is 0 Å². The summed E-state index contributed by atoms with van der Waals surface area (Å²) in [5, 5.41) is 10.4. The van der Waals surface area contributed by atoms with Gasteiger partial charge in [-0.1, -0.05) is 19.0 Å². The van der Waals surface area contributed by atoms with Crippen LogP contribution in [0.15, 0.2) is 5.16 Å². The molecule has 2 N–H and O–H groups in total. The van der Waals surface area contributed by atoms with Crippen LogP contribution in [0.5, 0.6) is 0 Å². The van der Waals surface area contributed by atoms with Crippen LogP contribution in [0.3, 0.4) is 0 Å². The van der Waals surface area contributed by atoms with E-state index in [0.29, 0.717) is 41.9 Å². The van der Waals surface area contributed by atoms with E-state index >= 15 is 0 Å². The van der Waals surface area contributed by atoms with Crippen LogP contribution in [0, 0.1) is 40.4 Å². The number of hydrogen-bond acceptors (Lipinski definition) is 7. The molecule has 0 aromatic rings. The third-order valence-corrected chi connectivity index (χ3v) is 11.6. The molecule has 0 radical (unpaired) electrons. The molecule has 9 atom stereocenters. The number of carbonyl (C=O) groups is 3. The second-order valence-corrected chi connectivity index (χ2v) is 14.0. The van der Waals surface area contributed by atoms with Crippen molar-refractivity contribution in [3.63, 3.8) is 0 Å². The van der Waals surface area contributed by atoms with Crippen LogP contribution in [0.25, 0.3) is 0 Å². The highest BCUT2D eigenvalue weighted by molar-refractivity contribution is 5.85. The lowest BCUT2D eigenvalue weighted by Gasteiger charge is -2.60. The summed E-state index contributed by atoms with van der Waals surface area (Å²) in [4.78, 5) is 42.1. The third kappa shape index (κ3) is 5.51. The summed E-state index contributed by atoms with van der Waals surface area (Å²) in [6, 6.07) is -0.309. The van der Waals surface area contributed by atoms with Gasteiger partial charge in [0.15, 0.2) is 0 Å². The number of amides is 1. The fraction of sp³-hybridized carbons (Fsp3) is 0.871. The van der Waals surface area contributed by atoms with Crippen LogP contribution in [-0.2, 0) is 19.2 Å². The lowest BCUT2D eigenvalue weighted by atomic mass is 9.44. The number of Topliss-reactive ketones (excluding diaryl/α,β-unsaturated/α-hetero) is 1. The normalized spacial score (nSPS) is 41.9. The summed E-state index contributed by atoms with van der Waals surface area (Å²) in [6.07, 6.45) is 10.7. The molecule has 4 aliphatic carbocycles. The first kappa shape index (κ1) is 28.6. The predicted octanol–water partition coefficient (Wildman–Crippen LogP) is 5.39. The minimum Gasteiger partial charge on any atom is -0.462 e. The first-order chi connectivity index (χ1) is 18.5. The predicted molar refractivity (Wildman–Crippen MR) is 149 cm³/mol. The molecule has 0 bridgehead atoms. The highest BCUT2D eigenvalue weighted by Crippen LogP contribution is 2.67. The zero-order valence-corrected chi connectivity index (χ0v) is 24.6. The van der Waals surface area contributed by atoms with Crippen molar-refractivity contribution < 1.29 is 24.0 Å². The van der Waals surface area contributed by atoms with Crippen LogP contribution in [0.4, 0.5) is 4.79 Å². The van der Waals surface area contributed by atoms with Crippen LogP contribution < -0.4 is 10.6 Å². The number of ether oxygens (including phenoxy) is 1. The first-order valence-corrected chi connectivity index (χ1v) is 15.5. The van der Waals surface area contributed by atoms with Crippen LogP contribution in [0.2, 0.25) is 0 Å². The Kier molecular flexibility index (Phi) is 8.16. The van der Waals surface area contributed by atoms with E-state index in [1.54, 1.807) is 0 Å². The lowest BCUT2D eigenvalue weighted by Crippen LogP contribution is -2.53. The Hall–Kier alpha value is -1.96. The van der Waals surface area contributed by atoms with Gasteiger partial charge in [0.05, 0.1) is 11.8 Å². The Labute approximate surface area is 233 Å². The number of fused-ring (bicyclic) bond motifs is 5. The summed E-state index contributed by atoms with van der Waals surface area (Å²) in [5.74, 6) is 3.30. The van der Waals surface area contributed by atoms with E-state index in [-0.39, 0.29) is 29.6 Å². The molecule has 4 saturated carbocycles. The molecule has 8 nitrogen and oxygen atoms in total. The number of ketones is 1.